The molecule has 0 atom stereocenters. The quantitative estimate of drug-likeness (QED) is 0.136. The lowest BCUT2D eigenvalue weighted by Gasteiger charge is -2.29. The van der Waals surface area contributed by atoms with Crippen molar-refractivity contribution in [1.29, 1.82) is 0 Å². The minimum absolute atomic E-state index is 1.03. The van der Waals surface area contributed by atoms with Crippen LogP contribution < -0.4 is 9.80 Å². The molecule has 0 unspecified atom stereocenters. The smallest absolute Gasteiger partial charge is 0.0542 e. The number of benzene rings is 17. The highest BCUT2D eigenvalue weighted by atomic mass is 15.2. The van der Waals surface area contributed by atoms with Gasteiger partial charge in [-0.15, -0.1) is 0 Å². The van der Waals surface area contributed by atoms with Gasteiger partial charge in [0.05, 0.1) is 66.9 Å². The van der Waals surface area contributed by atoms with E-state index in [1.807, 2.05) is 0 Å². The first-order valence-electron chi connectivity index (χ1n) is 34.4. The summed E-state index contributed by atoms with van der Waals surface area (Å²) in [6, 6.07) is 135. The number of para-hydroxylation sites is 4. The average molecular weight is 1270 g/mol. The zero-order valence-corrected chi connectivity index (χ0v) is 54.3. The van der Waals surface area contributed by atoms with Crippen LogP contribution in [-0.4, -0.2) is 18.3 Å². The number of hydrogen-bond donors (Lipinski definition) is 0. The Labute approximate surface area is 575 Å². The van der Waals surface area contributed by atoms with Crippen molar-refractivity contribution in [2.75, 3.05) is 9.80 Å². The number of nitrogens with zero attached hydrogens (tertiary/aromatic N) is 6. The van der Waals surface area contributed by atoms with E-state index >= 15 is 0 Å². The van der Waals surface area contributed by atoms with Crippen molar-refractivity contribution in [2.45, 2.75) is 0 Å². The molecule has 21 rings (SSSR count). The van der Waals surface area contributed by atoms with Crippen LogP contribution in [0.4, 0.5) is 34.1 Å². The highest BCUT2D eigenvalue weighted by Gasteiger charge is 2.25. The molecule has 4 aromatic heterocycles. The zero-order valence-electron chi connectivity index (χ0n) is 54.3. The summed E-state index contributed by atoms with van der Waals surface area (Å²) >= 11 is 0. The van der Waals surface area contributed by atoms with E-state index in [9.17, 15) is 0 Å². The monoisotopic (exact) mass is 1270 g/mol. The number of hydrogen-bond acceptors (Lipinski definition) is 2. The molecule has 0 aliphatic rings. The van der Waals surface area contributed by atoms with E-state index < -0.39 is 0 Å². The van der Waals surface area contributed by atoms with E-state index in [1.165, 1.54) is 86.2 Å². The summed E-state index contributed by atoms with van der Waals surface area (Å²) in [5, 5.41) is 19.2. The van der Waals surface area contributed by atoms with Gasteiger partial charge >= 0.3 is 0 Å². The second-order valence-corrected chi connectivity index (χ2v) is 26.4. The van der Waals surface area contributed by atoms with Crippen molar-refractivity contribution in [2.24, 2.45) is 0 Å². The standard InChI is InChI=1S/C94H60N6/c1-5-29-71-61(21-1)25-17-41-83(71)97-87-37-13-9-33-75(87)79-57-67(49-53-91(79)97)95(68-50-54-92-80(58-68)76-34-10-14-38-88(76)98(92)84-42-18-26-62-22-2-6-30-72(62)84)65-45-47-66(48-46-65)96(69-51-55-93-81(59-69)77-35-11-15-39-89(77)99(93)85-43-19-27-63-23-3-7-31-73(63)85)70-52-56-94-82(60-70)78-36-12-16-40-90(78)100(94)86-44-20-28-64-24-4-8-32-74(64)86/h1-60H. The van der Waals surface area contributed by atoms with Crippen LogP contribution >= 0.6 is 0 Å². The van der Waals surface area contributed by atoms with Crippen LogP contribution in [0.15, 0.2) is 364 Å². The van der Waals surface area contributed by atoms with Crippen LogP contribution in [-0.2, 0) is 0 Å². The third-order valence-electron chi connectivity index (χ3n) is 21.1. The highest BCUT2D eigenvalue weighted by Crippen LogP contribution is 2.48. The van der Waals surface area contributed by atoms with Gasteiger partial charge in [0.15, 0.2) is 0 Å². The lowest BCUT2D eigenvalue weighted by Crippen LogP contribution is -2.12. The maximum absolute atomic E-state index is 2.46. The molecule has 0 aliphatic carbocycles. The van der Waals surface area contributed by atoms with Crippen molar-refractivity contribution in [1.82, 2.24) is 18.3 Å². The molecule has 0 aliphatic heterocycles. The van der Waals surface area contributed by atoms with Crippen LogP contribution in [0.25, 0.3) is 153 Å². The van der Waals surface area contributed by atoms with Gasteiger partial charge in [-0.3, -0.25) is 0 Å². The Morgan fingerprint density at radius 2 is 0.330 bits per heavy atom. The summed E-state index contributed by atoms with van der Waals surface area (Å²) in [5.74, 6) is 0. The third kappa shape index (κ3) is 8.44. The first-order valence-corrected chi connectivity index (χ1v) is 34.4. The van der Waals surface area contributed by atoms with Gasteiger partial charge in [-0.25, -0.2) is 0 Å². The number of rotatable bonds is 10. The molecule has 0 N–H and O–H groups in total. The van der Waals surface area contributed by atoms with Gasteiger partial charge in [0.25, 0.3) is 0 Å². The Morgan fingerprint density at radius 1 is 0.140 bits per heavy atom. The average Bonchev–Trinajstić information content (AvgIpc) is 1.58. The van der Waals surface area contributed by atoms with Gasteiger partial charge in [-0.2, -0.15) is 0 Å². The number of anilines is 6. The molecule has 466 valence electrons. The van der Waals surface area contributed by atoms with Crippen LogP contribution in [0.2, 0.25) is 0 Å². The van der Waals surface area contributed by atoms with Crippen molar-refractivity contribution in [3.05, 3.63) is 364 Å². The Morgan fingerprint density at radius 3 is 0.580 bits per heavy atom. The van der Waals surface area contributed by atoms with Gasteiger partial charge in [0, 0.05) is 98.8 Å². The molecular weight excluding hydrogens is 1210 g/mol. The predicted octanol–water partition coefficient (Wildman–Crippen LogP) is 25.6. The third-order valence-corrected chi connectivity index (χ3v) is 21.1. The highest BCUT2D eigenvalue weighted by molar-refractivity contribution is 6.17. The minimum atomic E-state index is 1.03. The molecule has 100 heavy (non-hydrogen) atoms. The number of aromatic nitrogens is 4. The summed E-state index contributed by atoms with van der Waals surface area (Å²) in [4.78, 5) is 4.92. The van der Waals surface area contributed by atoms with Crippen molar-refractivity contribution >= 4 is 164 Å². The predicted molar refractivity (Wildman–Crippen MR) is 423 cm³/mol. The topological polar surface area (TPSA) is 26.2 Å². The van der Waals surface area contributed by atoms with Gasteiger partial charge in [0.2, 0.25) is 0 Å². The van der Waals surface area contributed by atoms with Gasteiger partial charge < -0.3 is 28.1 Å². The van der Waals surface area contributed by atoms with E-state index in [-0.39, 0.29) is 0 Å². The fourth-order valence-electron chi connectivity index (χ4n) is 16.7. The fourth-order valence-corrected chi connectivity index (χ4v) is 16.7. The molecule has 0 spiro atoms. The Kier molecular flexibility index (Phi) is 12.3. The first-order chi connectivity index (χ1) is 49.6. The van der Waals surface area contributed by atoms with Crippen LogP contribution in [0.3, 0.4) is 0 Å². The summed E-state index contributed by atoms with van der Waals surface area (Å²) < 4.78 is 9.82. The van der Waals surface area contributed by atoms with E-state index in [0.29, 0.717) is 0 Å². The molecule has 0 radical (unpaired) electrons. The minimum Gasteiger partial charge on any atom is -0.310 e. The van der Waals surface area contributed by atoms with Crippen molar-refractivity contribution in [3.63, 3.8) is 0 Å². The summed E-state index contributed by atoms with van der Waals surface area (Å²) in [6.07, 6.45) is 0. The normalized spacial score (nSPS) is 12.0. The maximum atomic E-state index is 2.46. The van der Waals surface area contributed by atoms with Gasteiger partial charge in [-0.1, -0.05) is 218 Å². The molecule has 0 saturated carbocycles. The van der Waals surface area contributed by atoms with Gasteiger partial charge in [-0.05, 0) is 167 Å². The molecule has 0 saturated heterocycles. The second-order valence-electron chi connectivity index (χ2n) is 26.4. The van der Waals surface area contributed by atoms with Crippen LogP contribution in [0.1, 0.15) is 0 Å². The molecule has 6 nitrogen and oxygen atoms in total. The molecule has 21 aromatic rings. The van der Waals surface area contributed by atoms with E-state index in [4.69, 9.17) is 0 Å². The van der Waals surface area contributed by atoms with E-state index in [0.717, 1.165) is 101 Å². The molecule has 0 fully saturated rings. The van der Waals surface area contributed by atoms with E-state index in [1.54, 1.807) is 0 Å². The van der Waals surface area contributed by atoms with Gasteiger partial charge in [0.1, 0.15) is 0 Å². The first kappa shape index (κ1) is 55.8. The zero-order chi connectivity index (χ0) is 65.5. The Hall–Kier alpha value is -13.4. The van der Waals surface area contributed by atoms with E-state index in [2.05, 4.69) is 392 Å². The Bertz CT molecular complexity index is 6110. The molecule has 0 amide bonds. The summed E-state index contributed by atoms with van der Waals surface area (Å²) in [6.45, 7) is 0. The largest absolute Gasteiger partial charge is 0.310 e. The van der Waals surface area contributed by atoms with Crippen LogP contribution in [0.5, 0.6) is 0 Å². The molecular formula is C94H60N6. The van der Waals surface area contributed by atoms with Crippen molar-refractivity contribution < 1.29 is 0 Å². The lowest BCUT2D eigenvalue weighted by molar-refractivity contribution is 1.19. The number of fused-ring (bicyclic) bond motifs is 16. The SMILES string of the molecule is c1ccc2c(-n3c4ccccc4c4cc(N(c5ccc(N(c6ccc7c(c6)c6ccccc6n7-c6cccc7ccccc67)c6ccc7c(c6)c6ccccc6n7-c6cccc7ccccc67)cc5)c5ccc6c(c5)c5ccccc5n6-c5cccc6ccccc56)ccc43)cccc2c1. The fraction of sp³-hybridized carbons (Fsp3) is 0. The molecule has 17 aromatic carbocycles. The lowest BCUT2D eigenvalue weighted by atomic mass is 10.1. The van der Waals surface area contributed by atoms with Crippen LogP contribution in [0, 0.1) is 0 Å². The Balaban J connectivity index is 0.782. The second kappa shape index (κ2) is 22.1. The molecule has 0 bridgehead atoms. The van der Waals surface area contributed by atoms with Crippen molar-refractivity contribution in [3.8, 4) is 22.7 Å². The maximum Gasteiger partial charge on any atom is 0.0542 e. The summed E-state index contributed by atoms with van der Waals surface area (Å²) in [7, 11) is 0. The summed E-state index contributed by atoms with van der Waals surface area (Å²) in [5.41, 5.74) is 20.1. The molecule has 4 heterocycles. The molecule has 6 heteroatoms.